The Labute approximate surface area is 226 Å². The van der Waals surface area contributed by atoms with Gasteiger partial charge >= 0.3 is 0 Å². The molecule has 11 nitrogen and oxygen atoms in total. The Morgan fingerprint density at radius 3 is 2.51 bits per heavy atom. The van der Waals surface area contributed by atoms with Gasteiger partial charge in [-0.3, -0.25) is 9.59 Å². The molecule has 0 aliphatic rings. The number of ether oxygens (including phenoxy) is 4. The first-order valence-electron chi connectivity index (χ1n) is 11.8. The van der Waals surface area contributed by atoms with Crippen LogP contribution in [0.4, 0.5) is 5.69 Å². The number of nitrogens with one attached hydrogen (secondary N) is 2. The van der Waals surface area contributed by atoms with Crippen molar-refractivity contribution in [3.8, 4) is 23.4 Å². The SMILES string of the molecule is COCc1cc(C)nc(OCC(=O)N/N=C/c2ccc(OCC(=O)Nc3ccccc3C)c(OC)c2)c1C#N. The number of methoxy groups -OCH3 is 2. The largest absolute Gasteiger partial charge is 0.493 e. The average molecular weight is 532 g/mol. The van der Waals surface area contributed by atoms with Gasteiger partial charge in [0.05, 0.1) is 19.9 Å². The highest BCUT2D eigenvalue weighted by Crippen LogP contribution is 2.27. The Morgan fingerprint density at radius 1 is 1.03 bits per heavy atom. The normalized spacial score (nSPS) is 10.5. The first kappa shape index (κ1) is 28.6. The number of para-hydroxylation sites is 1. The van der Waals surface area contributed by atoms with E-state index in [4.69, 9.17) is 18.9 Å². The first-order chi connectivity index (χ1) is 18.8. The fraction of sp³-hybridized carbons (Fsp3) is 0.250. The molecule has 2 aromatic carbocycles. The van der Waals surface area contributed by atoms with Gasteiger partial charge in [-0.15, -0.1) is 0 Å². The van der Waals surface area contributed by atoms with E-state index in [2.05, 4.69) is 20.8 Å². The summed E-state index contributed by atoms with van der Waals surface area (Å²) in [5, 5.41) is 16.2. The van der Waals surface area contributed by atoms with E-state index in [0.29, 0.717) is 34.0 Å². The molecule has 0 aliphatic carbocycles. The third-order valence-electron chi connectivity index (χ3n) is 5.32. The maximum atomic E-state index is 12.3. The fourth-order valence-corrected chi connectivity index (χ4v) is 3.47. The Balaban J connectivity index is 1.54. The van der Waals surface area contributed by atoms with E-state index in [1.54, 1.807) is 31.2 Å². The molecule has 0 spiro atoms. The molecule has 2 amide bonds. The van der Waals surface area contributed by atoms with E-state index >= 15 is 0 Å². The molecule has 39 heavy (non-hydrogen) atoms. The summed E-state index contributed by atoms with van der Waals surface area (Å²) in [6.45, 7) is 3.27. The van der Waals surface area contributed by atoms with Crippen molar-refractivity contribution in [2.24, 2.45) is 5.10 Å². The molecular formula is C28H29N5O6. The van der Waals surface area contributed by atoms with Gasteiger partial charge < -0.3 is 24.3 Å². The lowest BCUT2D eigenvalue weighted by Crippen LogP contribution is -2.25. The maximum absolute atomic E-state index is 12.3. The number of pyridine rings is 1. The number of aryl methyl sites for hydroxylation is 2. The number of nitriles is 1. The van der Waals surface area contributed by atoms with Crippen molar-refractivity contribution in [1.29, 1.82) is 5.26 Å². The second-order valence-corrected chi connectivity index (χ2v) is 8.29. The molecule has 1 aromatic heterocycles. The van der Waals surface area contributed by atoms with Crippen LogP contribution in [0.3, 0.4) is 0 Å². The van der Waals surface area contributed by atoms with Crippen molar-refractivity contribution in [3.05, 3.63) is 76.5 Å². The molecular weight excluding hydrogens is 502 g/mol. The summed E-state index contributed by atoms with van der Waals surface area (Å²) < 4.78 is 21.5. The van der Waals surface area contributed by atoms with Crippen molar-refractivity contribution >= 4 is 23.7 Å². The predicted octanol–water partition coefficient (Wildman–Crippen LogP) is 3.27. The molecule has 202 valence electrons. The topological polar surface area (TPSA) is 144 Å². The van der Waals surface area contributed by atoms with Crippen LogP contribution < -0.4 is 25.0 Å². The van der Waals surface area contributed by atoms with E-state index in [1.165, 1.54) is 20.4 Å². The van der Waals surface area contributed by atoms with Crippen molar-refractivity contribution in [2.45, 2.75) is 20.5 Å². The zero-order valence-corrected chi connectivity index (χ0v) is 22.1. The standard InChI is InChI=1S/C28H29N5O6/c1-18-7-5-6-8-23(18)32-26(34)16-38-24-10-9-20(12-25(24)37-4)14-30-33-27(35)17-39-28-22(13-29)21(15-36-3)11-19(2)31-28/h5-12,14H,15-17H2,1-4H3,(H,32,34)(H,33,35)/b30-14+. The third kappa shape index (κ3) is 8.28. The molecule has 11 heteroatoms. The lowest BCUT2D eigenvalue weighted by molar-refractivity contribution is -0.123. The number of amides is 2. The molecule has 3 rings (SSSR count). The molecule has 0 atom stereocenters. The van der Waals surface area contributed by atoms with Gasteiger partial charge in [0.2, 0.25) is 5.88 Å². The predicted molar refractivity (Wildman–Crippen MR) is 144 cm³/mol. The Morgan fingerprint density at radius 2 is 1.79 bits per heavy atom. The molecule has 0 bridgehead atoms. The Kier molecular flexibility index (Phi) is 10.4. The summed E-state index contributed by atoms with van der Waals surface area (Å²) in [7, 11) is 2.99. The molecule has 0 aliphatic heterocycles. The minimum atomic E-state index is -0.543. The van der Waals surface area contributed by atoms with Gasteiger partial charge in [0.25, 0.3) is 11.8 Å². The van der Waals surface area contributed by atoms with E-state index in [1.807, 2.05) is 37.3 Å². The molecule has 0 fully saturated rings. The molecule has 2 N–H and O–H groups in total. The van der Waals surface area contributed by atoms with Crippen LogP contribution >= 0.6 is 0 Å². The highest BCUT2D eigenvalue weighted by atomic mass is 16.5. The molecule has 1 heterocycles. The summed E-state index contributed by atoms with van der Waals surface area (Å²) in [4.78, 5) is 28.7. The molecule has 0 saturated carbocycles. The summed E-state index contributed by atoms with van der Waals surface area (Å²) in [5.74, 6) is -0.0351. The van der Waals surface area contributed by atoms with E-state index in [0.717, 1.165) is 5.56 Å². The van der Waals surface area contributed by atoms with Crippen molar-refractivity contribution in [1.82, 2.24) is 10.4 Å². The number of hydrogen-bond donors (Lipinski definition) is 2. The Bertz CT molecular complexity index is 1400. The quantitative estimate of drug-likeness (QED) is 0.268. The number of rotatable bonds is 12. The number of hydrogen-bond acceptors (Lipinski definition) is 9. The van der Waals surface area contributed by atoms with Crippen molar-refractivity contribution in [2.75, 3.05) is 32.8 Å². The first-order valence-corrected chi connectivity index (χ1v) is 11.8. The highest BCUT2D eigenvalue weighted by molar-refractivity contribution is 5.92. The maximum Gasteiger partial charge on any atom is 0.278 e. The van der Waals surface area contributed by atoms with Gasteiger partial charge in [-0.2, -0.15) is 10.4 Å². The number of carbonyl (C=O) groups is 2. The minimum Gasteiger partial charge on any atom is -0.493 e. The highest BCUT2D eigenvalue weighted by Gasteiger charge is 2.14. The number of anilines is 1. The van der Waals surface area contributed by atoms with Crippen LogP contribution in [0.2, 0.25) is 0 Å². The average Bonchev–Trinajstić information content (AvgIpc) is 2.92. The van der Waals surface area contributed by atoms with Gasteiger partial charge in [-0.1, -0.05) is 18.2 Å². The minimum absolute atomic E-state index is 0.0524. The number of carbonyl (C=O) groups excluding carboxylic acids is 2. The van der Waals surface area contributed by atoms with Gasteiger partial charge in [-0.05, 0) is 55.3 Å². The fourth-order valence-electron chi connectivity index (χ4n) is 3.47. The summed E-state index contributed by atoms with van der Waals surface area (Å²) in [6, 6.07) is 16.2. The van der Waals surface area contributed by atoms with Gasteiger partial charge in [0, 0.05) is 24.1 Å². The van der Waals surface area contributed by atoms with Crippen LogP contribution in [-0.2, 0) is 20.9 Å². The molecule has 0 radical (unpaired) electrons. The monoisotopic (exact) mass is 531 g/mol. The number of nitrogens with zero attached hydrogens (tertiary/aromatic N) is 3. The lowest BCUT2D eigenvalue weighted by atomic mass is 10.1. The summed E-state index contributed by atoms with van der Waals surface area (Å²) in [5.41, 5.74) is 6.09. The second-order valence-electron chi connectivity index (χ2n) is 8.29. The van der Waals surface area contributed by atoms with Crippen LogP contribution in [0.1, 0.15) is 27.9 Å². The van der Waals surface area contributed by atoms with E-state index in [-0.39, 0.29) is 30.6 Å². The third-order valence-corrected chi connectivity index (χ3v) is 5.32. The van der Waals surface area contributed by atoms with Crippen LogP contribution in [0.15, 0.2) is 53.6 Å². The lowest BCUT2D eigenvalue weighted by Gasteiger charge is -2.12. The molecule has 0 unspecified atom stereocenters. The summed E-state index contributed by atoms with van der Waals surface area (Å²) in [6.07, 6.45) is 1.41. The van der Waals surface area contributed by atoms with Gasteiger partial charge in [0.1, 0.15) is 11.6 Å². The second kappa shape index (κ2) is 14.1. The molecule has 3 aromatic rings. The van der Waals surface area contributed by atoms with Gasteiger partial charge in [-0.25, -0.2) is 10.4 Å². The van der Waals surface area contributed by atoms with Crippen LogP contribution in [0.25, 0.3) is 0 Å². The zero-order chi connectivity index (χ0) is 28.2. The Hall–Kier alpha value is -4.95. The smallest absolute Gasteiger partial charge is 0.278 e. The van der Waals surface area contributed by atoms with E-state index < -0.39 is 12.5 Å². The zero-order valence-electron chi connectivity index (χ0n) is 22.1. The summed E-state index contributed by atoms with van der Waals surface area (Å²) >= 11 is 0. The number of hydrazone groups is 1. The van der Waals surface area contributed by atoms with Crippen molar-refractivity contribution < 1.29 is 28.5 Å². The van der Waals surface area contributed by atoms with Crippen LogP contribution in [-0.4, -0.2) is 50.4 Å². The number of aromatic nitrogens is 1. The number of benzene rings is 2. The molecule has 0 saturated heterocycles. The van der Waals surface area contributed by atoms with Gasteiger partial charge in [0.15, 0.2) is 24.7 Å². The van der Waals surface area contributed by atoms with Crippen LogP contribution in [0, 0.1) is 25.2 Å². The van der Waals surface area contributed by atoms with Crippen LogP contribution in [0.5, 0.6) is 17.4 Å². The van der Waals surface area contributed by atoms with Crippen molar-refractivity contribution in [3.63, 3.8) is 0 Å². The van der Waals surface area contributed by atoms with E-state index in [9.17, 15) is 14.9 Å².